The molecule has 0 aliphatic heterocycles. The molecule has 8 heteroatoms. The molecule has 2 heterocycles. The Balaban J connectivity index is 2.13. The van der Waals surface area contributed by atoms with Crippen molar-refractivity contribution >= 4 is 34.7 Å². The number of carbonyl (C=O) groups excluding carboxylic acids is 1. The molecule has 0 atom stereocenters. The third-order valence-electron chi connectivity index (χ3n) is 3.41. The Morgan fingerprint density at radius 1 is 1.46 bits per heavy atom. The number of fused-ring (bicyclic) bond motifs is 1. The molecule has 1 N–H and O–H groups in total. The molecule has 124 valence electrons. The number of hydrogen-bond donors (Lipinski definition) is 1. The van der Waals surface area contributed by atoms with E-state index >= 15 is 0 Å². The summed E-state index contributed by atoms with van der Waals surface area (Å²) in [7, 11) is 0. The van der Waals surface area contributed by atoms with Crippen molar-refractivity contribution in [2.24, 2.45) is 0 Å². The van der Waals surface area contributed by atoms with Crippen molar-refractivity contribution in [3.8, 4) is 0 Å². The van der Waals surface area contributed by atoms with Crippen LogP contribution in [-0.2, 0) is 4.74 Å². The molecule has 6 nitrogen and oxygen atoms in total. The standard InChI is InChI=1S/C16H14ClFN4O2/c1-3-24-16(23)10-8-19-14-4-5-20-22(14)15(10)21-13-6-9(2)12(18)7-11(13)17/h4-8,21H,3H2,1-2H3. The van der Waals surface area contributed by atoms with Crippen molar-refractivity contribution in [3.05, 3.63) is 52.6 Å². The van der Waals surface area contributed by atoms with Crippen LogP contribution in [0.15, 0.2) is 30.6 Å². The van der Waals surface area contributed by atoms with Gasteiger partial charge in [-0.1, -0.05) is 11.6 Å². The zero-order valence-corrected chi connectivity index (χ0v) is 13.8. The topological polar surface area (TPSA) is 68.5 Å². The molecule has 2 aromatic heterocycles. The first-order valence-corrected chi connectivity index (χ1v) is 7.61. The summed E-state index contributed by atoms with van der Waals surface area (Å²) in [5, 5.41) is 7.38. The summed E-state index contributed by atoms with van der Waals surface area (Å²) in [6, 6.07) is 4.46. The number of esters is 1. The van der Waals surface area contributed by atoms with E-state index in [1.54, 1.807) is 32.2 Å². The SMILES string of the molecule is CCOC(=O)c1cnc2ccnn2c1Nc1cc(C)c(F)cc1Cl. The van der Waals surface area contributed by atoms with Gasteiger partial charge in [-0.3, -0.25) is 0 Å². The summed E-state index contributed by atoms with van der Waals surface area (Å²) in [6.07, 6.45) is 2.96. The molecule has 0 bridgehead atoms. The quantitative estimate of drug-likeness (QED) is 0.727. The Bertz CT molecular complexity index is 926. The Morgan fingerprint density at radius 2 is 2.25 bits per heavy atom. The van der Waals surface area contributed by atoms with Crippen LogP contribution in [0, 0.1) is 12.7 Å². The molecule has 1 aromatic carbocycles. The van der Waals surface area contributed by atoms with E-state index in [0.29, 0.717) is 22.7 Å². The molecule has 0 unspecified atom stereocenters. The lowest BCUT2D eigenvalue weighted by Gasteiger charge is -2.14. The predicted molar refractivity (Wildman–Crippen MR) is 88.4 cm³/mol. The fraction of sp³-hybridized carbons (Fsp3) is 0.188. The van der Waals surface area contributed by atoms with Gasteiger partial charge < -0.3 is 10.1 Å². The number of carbonyl (C=O) groups is 1. The summed E-state index contributed by atoms with van der Waals surface area (Å²) in [5.41, 5.74) is 1.61. The van der Waals surface area contributed by atoms with E-state index in [0.717, 1.165) is 0 Å². The molecule has 3 aromatic rings. The number of hydrogen-bond acceptors (Lipinski definition) is 5. The van der Waals surface area contributed by atoms with Gasteiger partial charge in [0.25, 0.3) is 0 Å². The summed E-state index contributed by atoms with van der Waals surface area (Å²) >= 11 is 6.11. The van der Waals surface area contributed by atoms with Gasteiger partial charge in [0.15, 0.2) is 11.5 Å². The van der Waals surface area contributed by atoms with Gasteiger partial charge in [-0.15, -0.1) is 0 Å². The van der Waals surface area contributed by atoms with Crippen molar-refractivity contribution in [3.63, 3.8) is 0 Å². The number of aromatic nitrogens is 3. The molecule has 24 heavy (non-hydrogen) atoms. The number of nitrogens with one attached hydrogen (secondary N) is 1. The number of halogens is 2. The molecule has 0 saturated carbocycles. The smallest absolute Gasteiger partial charge is 0.343 e. The molecule has 0 aliphatic carbocycles. The molecular weight excluding hydrogens is 335 g/mol. The lowest BCUT2D eigenvalue weighted by Crippen LogP contribution is -2.13. The first kappa shape index (κ1) is 16.2. The first-order valence-electron chi connectivity index (χ1n) is 7.23. The number of aryl methyl sites for hydroxylation is 1. The van der Waals surface area contributed by atoms with Crippen LogP contribution in [0.5, 0.6) is 0 Å². The van der Waals surface area contributed by atoms with Crippen LogP contribution in [0.4, 0.5) is 15.9 Å². The van der Waals surface area contributed by atoms with E-state index < -0.39 is 11.8 Å². The molecule has 0 aliphatic rings. The average Bonchev–Trinajstić information content (AvgIpc) is 3.02. The summed E-state index contributed by atoms with van der Waals surface area (Å²) < 4.78 is 20.1. The van der Waals surface area contributed by atoms with E-state index in [9.17, 15) is 9.18 Å². The summed E-state index contributed by atoms with van der Waals surface area (Å²) in [4.78, 5) is 16.4. The monoisotopic (exact) mass is 348 g/mol. The highest BCUT2D eigenvalue weighted by atomic mass is 35.5. The Kier molecular flexibility index (Phi) is 4.35. The summed E-state index contributed by atoms with van der Waals surface area (Å²) in [5.74, 6) is -0.605. The van der Waals surface area contributed by atoms with Gasteiger partial charge in [-0.2, -0.15) is 9.61 Å². The maximum Gasteiger partial charge on any atom is 0.343 e. The fourth-order valence-corrected chi connectivity index (χ4v) is 2.43. The Hall–Kier alpha value is -2.67. The molecule has 3 rings (SSSR count). The highest BCUT2D eigenvalue weighted by Gasteiger charge is 2.19. The molecule has 0 fully saturated rings. The van der Waals surface area contributed by atoms with E-state index in [-0.39, 0.29) is 17.2 Å². The van der Waals surface area contributed by atoms with Crippen molar-refractivity contribution in [2.45, 2.75) is 13.8 Å². The third kappa shape index (κ3) is 2.90. The second kappa shape index (κ2) is 6.45. The van der Waals surface area contributed by atoms with Crippen LogP contribution in [-0.4, -0.2) is 27.2 Å². The Labute approximate surface area is 142 Å². The summed E-state index contributed by atoms with van der Waals surface area (Å²) in [6.45, 7) is 3.57. The minimum atomic E-state index is -0.542. The molecular formula is C16H14ClFN4O2. The zero-order chi connectivity index (χ0) is 17.3. The van der Waals surface area contributed by atoms with Crippen LogP contribution >= 0.6 is 11.6 Å². The van der Waals surface area contributed by atoms with Crippen LogP contribution in [0.3, 0.4) is 0 Å². The second-order valence-corrected chi connectivity index (χ2v) is 5.46. The normalized spacial score (nSPS) is 10.8. The van der Waals surface area contributed by atoms with Gasteiger partial charge in [0.1, 0.15) is 11.4 Å². The van der Waals surface area contributed by atoms with E-state index in [2.05, 4.69) is 15.4 Å². The molecule has 0 saturated heterocycles. The van der Waals surface area contributed by atoms with E-state index in [4.69, 9.17) is 16.3 Å². The van der Waals surface area contributed by atoms with Crippen LogP contribution in [0.2, 0.25) is 5.02 Å². The number of benzene rings is 1. The van der Waals surface area contributed by atoms with E-state index in [1.165, 1.54) is 16.8 Å². The molecule has 0 spiro atoms. The number of anilines is 2. The molecule has 0 radical (unpaired) electrons. The number of ether oxygens (including phenoxy) is 1. The Morgan fingerprint density at radius 3 is 3.00 bits per heavy atom. The van der Waals surface area contributed by atoms with Gasteiger partial charge >= 0.3 is 5.97 Å². The first-order chi connectivity index (χ1) is 11.5. The highest BCUT2D eigenvalue weighted by molar-refractivity contribution is 6.33. The lowest BCUT2D eigenvalue weighted by molar-refractivity contribution is 0.0526. The maximum absolute atomic E-state index is 13.6. The van der Waals surface area contributed by atoms with Gasteiger partial charge in [0, 0.05) is 12.3 Å². The maximum atomic E-state index is 13.6. The van der Waals surface area contributed by atoms with Gasteiger partial charge in [-0.05, 0) is 31.5 Å². The highest BCUT2D eigenvalue weighted by Crippen LogP contribution is 2.30. The minimum absolute atomic E-state index is 0.185. The number of nitrogens with zero attached hydrogens (tertiary/aromatic N) is 3. The second-order valence-electron chi connectivity index (χ2n) is 5.05. The van der Waals surface area contributed by atoms with Gasteiger partial charge in [-0.25, -0.2) is 14.2 Å². The number of rotatable bonds is 4. The fourth-order valence-electron chi connectivity index (χ4n) is 2.23. The largest absolute Gasteiger partial charge is 0.462 e. The minimum Gasteiger partial charge on any atom is -0.462 e. The van der Waals surface area contributed by atoms with Crippen molar-refractivity contribution in [1.29, 1.82) is 0 Å². The van der Waals surface area contributed by atoms with Crippen LogP contribution < -0.4 is 5.32 Å². The molecule has 0 amide bonds. The lowest BCUT2D eigenvalue weighted by atomic mass is 10.2. The van der Waals surface area contributed by atoms with Crippen molar-refractivity contribution < 1.29 is 13.9 Å². The predicted octanol–water partition coefficient (Wildman–Crippen LogP) is 3.75. The average molecular weight is 349 g/mol. The van der Waals surface area contributed by atoms with Crippen molar-refractivity contribution in [1.82, 2.24) is 14.6 Å². The van der Waals surface area contributed by atoms with Crippen LogP contribution in [0.25, 0.3) is 5.65 Å². The van der Waals surface area contributed by atoms with Gasteiger partial charge in [0.2, 0.25) is 0 Å². The van der Waals surface area contributed by atoms with Gasteiger partial charge in [0.05, 0.1) is 23.5 Å². The third-order valence-corrected chi connectivity index (χ3v) is 3.73. The zero-order valence-electron chi connectivity index (χ0n) is 13.0. The van der Waals surface area contributed by atoms with Crippen LogP contribution in [0.1, 0.15) is 22.8 Å². The van der Waals surface area contributed by atoms with E-state index in [1.807, 2.05) is 0 Å². The van der Waals surface area contributed by atoms with Crippen molar-refractivity contribution in [2.75, 3.05) is 11.9 Å².